The summed E-state index contributed by atoms with van der Waals surface area (Å²) >= 11 is 0. The van der Waals surface area contributed by atoms with Gasteiger partial charge in [0, 0.05) is 29.9 Å². The Balaban J connectivity index is 1.14. The molecular weight excluding hydrogens is 560 g/mol. The Kier molecular flexibility index (Phi) is 9.58. The number of aryl methyl sites for hydroxylation is 2. The number of amides is 1. The normalized spacial score (nSPS) is 25.1. The Morgan fingerprint density at radius 3 is 2.49 bits per heavy atom. The van der Waals surface area contributed by atoms with Crippen LogP contribution in [0.25, 0.3) is 0 Å². The number of carbonyl (C=O) groups is 3. The first-order chi connectivity index (χ1) is 21.8. The van der Waals surface area contributed by atoms with Gasteiger partial charge < -0.3 is 15.1 Å². The van der Waals surface area contributed by atoms with E-state index in [-0.39, 0.29) is 29.3 Å². The smallest absolute Gasteiger partial charge is 0.291 e. The highest BCUT2D eigenvalue weighted by molar-refractivity contribution is 6.06. The van der Waals surface area contributed by atoms with Crippen molar-refractivity contribution in [2.24, 2.45) is 23.7 Å². The Morgan fingerprint density at radius 1 is 0.911 bits per heavy atom. The van der Waals surface area contributed by atoms with Crippen LogP contribution in [0.4, 0.5) is 11.4 Å². The van der Waals surface area contributed by atoms with Crippen LogP contribution in [0.3, 0.4) is 0 Å². The zero-order chi connectivity index (χ0) is 31.5. The lowest BCUT2D eigenvalue weighted by molar-refractivity contribution is -0.120. The molecule has 2 aromatic carbocycles. The lowest BCUT2D eigenvalue weighted by Gasteiger charge is -2.24. The molecule has 0 saturated heterocycles. The fourth-order valence-corrected chi connectivity index (χ4v) is 8.10. The molecule has 0 aliphatic heterocycles. The average Bonchev–Trinajstić information content (AvgIpc) is 3.26. The van der Waals surface area contributed by atoms with Crippen LogP contribution in [0.2, 0.25) is 0 Å². The van der Waals surface area contributed by atoms with Gasteiger partial charge in [-0.3, -0.25) is 14.4 Å². The summed E-state index contributed by atoms with van der Waals surface area (Å²) in [5, 5.41) is 6.80. The summed E-state index contributed by atoms with van der Waals surface area (Å²) in [6, 6.07) is 18.3. The minimum atomic E-state index is -0.329. The SMILES string of the molecule is Cc1ccc(C(=O)Nc2cc(C(=O)[C@@H](C)CCCC3CCCC3=O)ccc2NC2CCC[C@H]3C(CC2)C3c2ccccc2C)o1. The molecule has 0 bridgehead atoms. The van der Waals surface area contributed by atoms with Gasteiger partial charge in [0.2, 0.25) is 0 Å². The Bertz CT molecular complexity index is 1540. The van der Waals surface area contributed by atoms with Gasteiger partial charge in [0.05, 0.1) is 11.4 Å². The maximum atomic E-state index is 13.5. The van der Waals surface area contributed by atoms with Crippen molar-refractivity contribution in [3.63, 3.8) is 0 Å². The maximum Gasteiger partial charge on any atom is 0.291 e. The summed E-state index contributed by atoms with van der Waals surface area (Å²) < 4.78 is 5.60. The molecule has 3 fully saturated rings. The van der Waals surface area contributed by atoms with Crippen molar-refractivity contribution in [1.82, 2.24) is 0 Å². The summed E-state index contributed by atoms with van der Waals surface area (Å²) in [6.45, 7) is 6.02. The third-order valence-corrected chi connectivity index (χ3v) is 10.8. The largest absolute Gasteiger partial charge is 0.456 e. The Hall–Kier alpha value is -3.67. The number of hydrogen-bond donors (Lipinski definition) is 2. The number of carbonyl (C=O) groups excluding carboxylic acids is 3. The van der Waals surface area contributed by atoms with Crippen LogP contribution < -0.4 is 10.6 Å². The van der Waals surface area contributed by atoms with Gasteiger partial charge in [-0.25, -0.2) is 0 Å². The van der Waals surface area contributed by atoms with Crippen molar-refractivity contribution in [2.45, 2.75) is 103 Å². The number of fused-ring (bicyclic) bond motifs is 1. The van der Waals surface area contributed by atoms with E-state index < -0.39 is 0 Å². The zero-order valence-electron chi connectivity index (χ0n) is 27.1. The van der Waals surface area contributed by atoms with Crippen molar-refractivity contribution in [2.75, 3.05) is 10.6 Å². The predicted octanol–water partition coefficient (Wildman–Crippen LogP) is 9.28. The second-order valence-corrected chi connectivity index (χ2v) is 13.9. The van der Waals surface area contributed by atoms with E-state index in [1.54, 1.807) is 12.1 Å². The van der Waals surface area contributed by atoms with Crippen LogP contribution in [0, 0.1) is 37.5 Å². The topological polar surface area (TPSA) is 88.4 Å². The number of nitrogens with one attached hydrogen (secondary N) is 2. The molecule has 1 aromatic heterocycles. The highest BCUT2D eigenvalue weighted by Crippen LogP contribution is 2.60. The lowest BCUT2D eigenvalue weighted by Crippen LogP contribution is -2.23. The van der Waals surface area contributed by atoms with Crippen LogP contribution in [0.15, 0.2) is 59.0 Å². The first kappa shape index (κ1) is 31.3. The number of rotatable bonds is 11. The first-order valence-electron chi connectivity index (χ1n) is 17.2. The molecule has 6 rings (SSSR count). The molecule has 4 unspecified atom stereocenters. The summed E-state index contributed by atoms with van der Waals surface area (Å²) in [6.07, 6.45) is 11.0. The van der Waals surface area contributed by atoms with E-state index in [0.717, 1.165) is 62.5 Å². The van der Waals surface area contributed by atoms with Crippen LogP contribution >= 0.6 is 0 Å². The van der Waals surface area contributed by atoms with Gasteiger partial charge in [-0.05, 0) is 124 Å². The molecule has 6 nitrogen and oxygen atoms in total. The molecular formula is C39H48N2O4. The fraction of sp³-hybridized carbons (Fsp3) is 0.513. The molecule has 45 heavy (non-hydrogen) atoms. The van der Waals surface area contributed by atoms with Gasteiger partial charge in [-0.2, -0.15) is 0 Å². The molecule has 0 spiro atoms. The number of ketones is 2. The van der Waals surface area contributed by atoms with Crippen LogP contribution in [-0.2, 0) is 4.79 Å². The van der Waals surface area contributed by atoms with Crippen molar-refractivity contribution in [3.8, 4) is 0 Å². The molecule has 238 valence electrons. The highest BCUT2D eigenvalue weighted by Gasteiger charge is 2.50. The van der Waals surface area contributed by atoms with Gasteiger partial charge in [0.15, 0.2) is 11.5 Å². The second-order valence-electron chi connectivity index (χ2n) is 13.9. The van der Waals surface area contributed by atoms with E-state index in [9.17, 15) is 14.4 Å². The zero-order valence-corrected chi connectivity index (χ0v) is 27.1. The minimum absolute atomic E-state index is 0.0663. The van der Waals surface area contributed by atoms with E-state index in [4.69, 9.17) is 4.42 Å². The van der Waals surface area contributed by atoms with Crippen molar-refractivity contribution >= 4 is 28.8 Å². The van der Waals surface area contributed by atoms with Gasteiger partial charge >= 0.3 is 0 Å². The van der Waals surface area contributed by atoms with E-state index in [0.29, 0.717) is 41.2 Å². The third kappa shape index (κ3) is 7.26. The molecule has 0 radical (unpaired) electrons. The predicted molar refractivity (Wildman–Crippen MR) is 179 cm³/mol. The van der Waals surface area contributed by atoms with Crippen LogP contribution in [-0.4, -0.2) is 23.5 Å². The summed E-state index contributed by atoms with van der Waals surface area (Å²) in [5.74, 6) is 3.28. The van der Waals surface area contributed by atoms with E-state index in [2.05, 4.69) is 41.8 Å². The number of furan rings is 1. The van der Waals surface area contributed by atoms with E-state index >= 15 is 0 Å². The lowest BCUT2D eigenvalue weighted by atomic mass is 9.91. The van der Waals surface area contributed by atoms with Crippen LogP contribution in [0.5, 0.6) is 0 Å². The Labute approximate surface area is 267 Å². The van der Waals surface area contributed by atoms with Gasteiger partial charge in [-0.1, -0.05) is 44.0 Å². The number of benzene rings is 2. The van der Waals surface area contributed by atoms with Crippen molar-refractivity contribution in [1.29, 1.82) is 0 Å². The fourth-order valence-electron chi connectivity index (χ4n) is 8.10. The highest BCUT2D eigenvalue weighted by atomic mass is 16.3. The minimum Gasteiger partial charge on any atom is -0.456 e. The molecule has 3 aromatic rings. The Morgan fingerprint density at radius 2 is 1.73 bits per heavy atom. The molecule has 3 aliphatic rings. The third-order valence-electron chi connectivity index (χ3n) is 10.8. The molecule has 3 aliphatic carbocycles. The standard InChI is InChI=1S/C39H48N2O4/c1-24-9-4-5-14-30(24)37-31-15-8-13-29(19-20-32(31)37)40-33-21-18-28(23-34(33)41-39(44)36-22-17-26(3)45-36)38(43)25(2)10-6-11-27-12-7-16-35(27)42/h4-5,9,14,17-18,21-23,25,27,29,31-32,37,40H,6-8,10-13,15-16,19-20H2,1-3H3,(H,41,44)/t25-,27?,29?,31-,32?,37?/m0/s1. The molecule has 2 N–H and O–H groups in total. The molecule has 6 atom stereocenters. The van der Waals surface area contributed by atoms with E-state index in [1.165, 1.54) is 30.4 Å². The maximum absolute atomic E-state index is 13.5. The van der Waals surface area contributed by atoms with Crippen molar-refractivity contribution < 1.29 is 18.8 Å². The first-order valence-corrected chi connectivity index (χ1v) is 17.2. The number of hydrogen-bond acceptors (Lipinski definition) is 5. The number of anilines is 2. The van der Waals surface area contributed by atoms with Gasteiger partial charge in [0.1, 0.15) is 11.5 Å². The molecule has 3 saturated carbocycles. The quantitative estimate of drug-likeness (QED) is 0.212. The average molecular weight is 609 g/mol. The monoisotopic (exact) mass is 608 g/mol. The van der Waals surface area contributed by atoms with Crippen molar-refractivity contribution in [3.05, 3.63) is 82.8 Å². The summed E-state index contributed by atoms with van der Waals surface area (Å²) in [7, 11) is 0. The second kappa shape index (κ2) is 13.8. The summed E-state index contributed by atoms with van der Waals surface area (Å²) in [5.41, 5.74) is 4.97. The van der Waals surface area contributed by atoms with Crippen LogP contribution in [0.1, 0.15) is 121 Å². The molecule has 6 heteroatoms. The molecule has 1 amide bonds. The van der Waals surface area contributed by atoms with E-state index in [1.807, 2.05) is 32.0 Å². The number of Topliss-reactive ketones (excluding diaryl/α,β-unsaturated/α-hetero) is 2. The van der Waals surface area contributed by atoms with Gasteiger partial charge in [0.25, 0.3) is 5.91 Å². The summed E-state index contributed by atoms with van der Waals surface area (Å²) in [4.78, 5) is 38.7. The van der Waals surface area contributed by atoms with Gasteiger partial charge in [-0.15, -0.1) is 0 Å². The molecule has 1 heterocycles.